The lowest BCUT2D eigenvalue weighted by molar-refractivity contribution is -0.0258. The SMILES string of the molecule is CON(C)S(=O)(=O)c1cccc(C(=O)N(Cc2ccccc2)Cc2ccco2)c1. The van der Waals surface area contributed by atoms with Crippen molar-refractivity contribution in [3.05, 3.63) is 89.9 Å². The first-order valence-corrected chi connectivity index (χ1v) is 10.3. The first kappa shape index (κ1) is 20.8. The predicted molar refractivity (Wildman–Crippen MR) is 107 cm³/mol. The van der Waals surface area contributed by atoms with Gasteiger partial charge in [-0.15, -0.1) is 0 Å². The minimum Gasteiger partial charge on any atom is -0.467 e. The van der Waals surface area contributed by atoms with E-state index in [9.17, 15) is 13.2 Å². The highest BCUT2D eigenvalue weighted by Crippen LogP contribution is 2.19. The molecule has 0 radical (unpaired) electrons. The van der Waals surface area contributed by atoms with E-state index in [2.05, 4.69) is 0 Å². The summed E-state index contributed by atoms with van der Waals surface area (Å²) in [5.41, 5.74) is 1.22. The third-order valence-electron chi connectivity index (χ3n) is 4.40. The number of hydrogen-bond acceptors (Lipinski definition) is 5. The van der Waals surface area contributed by atoms with E-state index in [0.717, 1.165) is 10.0 Å². The predicted octanol–water partition coefficient (Wildman–Crippen LogP) is 3.30. The van der Waals surface area contributed by atoms with E-state index in [-0.39, 0.29) is 22.9 Å². The fraction of sp³-hybridized carbons (Fsp3) is 0.190. The quantitative estimate of drug-likeness (QED) is 0.529. The lowest BCUT2D eigenvalue weighted by atomic mass is 10.1. The van der Waals surface area contributed by atoms with Crippen LogP contribution in [-0.2, 0) is 28.0 Å². The number of hydrogen-bond donors (Lipinski definition) is 0. The molecule has 0 aliphatic rings. The van der Waals surface area contributed by atoms with Crippen molar-refractivity contribution in [1.29, 1.82) is 0 Å². The largest absolute Gasteiger partial charge is 0.467 e. The van der Waals surface area contributed by atoms with Gasteiger partial charge in [0.05, 0.1) is 24.8 Å². The Morgan fingerprint density at radius 3 is 2.41 bits per heavy atom. The van der Waals surface area contributed by atoms with Crippen LogP contribution in [-0.4, -0.2) is 37.9 Å². The highest BCUT2D eigenvalue weighted by Gasteiger charge is 2.24. The van der Waals surface area contributed by atoms with Crippen molar-refractivity contribution in [3.8, 4) is 0 Å². The summed E-state index contributed by atoms with van der Waals surface area (Å²) < 4.78 is 31.2. The third-order valence-corrected chi connectivity index (χ3v) is 6.08. The molecule has 0 saturated carbocycles. The topological polar surface area (TPSA) is 80.1 Å². The zero-order valence-electron chi connectivity index (χ0n) is 16.2. The van der Waals surface area contributed by atoms with Crippen LogP contribution in [0, 0.1) is 0 Å². The number of rotatable bonds is 8. The molecule has 3 aromatic rings. The maximum absolute atomic E-state index is 13.2. The Morgan fingerprint density at radius 1 is 1.00 bits per heavy atom. The zero-order valence-corrected chi connectivity index (χ0v) is 17.0. The zero-order chi connectivity index (χ0) is 20.9. The van der Waals surface area contributed by atoms with Crippen LogP contribution >= 0.6 is 0 Å². The van der Waals surface area contributed by atoms with Crippen LogP contribution in [0.5, 0.6) is 0 Å². The number of benzene rings is 2. The van der Waals surface area contributed by atoms with E-state index < -0.39 is 10.0 Å². The summed E-state index contributed by atoms with van der Waals surface area (Å²) in [6.45, 7) is 0.616. The Bertz CT molecular complexity index is 1050. The molecular formula is C21H22N2O5S. The molecule has 0 atom stereocenters. The molecule has 3 rings (SSSR count). The molecule has 1 aromatic heterocycles. The van der Waals surface area contributed by atoms with Crippen molar-refractivity contribution in [1.82, 2.24) is 9.37 Å². The normalized spacial score (nSPS) is 11.6. The number of carbonyl (C=O) groups excluding carboxylic acids is 1. The molecule has 0 aliphatic carbocycles. The molecular weight excluding hydrogens is 392 g/mol. The lowest BCUT2D eigenvalue weighted by Gasteiger charge is -2.22. The number of nitrogens with zero attached hydrogens (tertiary/aromatic N) is 2. The second-order valence-corrected chi connectivity index (χ2v) is 8.29. The van der Waals surface area contributed by atoms with Crippen LogP contribution in [0.3, 0.4) is 0 Å². The van der Waals surface area contributed by atoms with Gasteiger partial charge in [-0.25, -0.2) is 8.42 Å². The molecule has 1 heterocycles. The van der Waals surface area contributed by atoms with Gasteiger partial charge in [-0.05, 0) is 35.9 Å². The smallest absolute Gasteiger partial charge is 0.264 e. The maximum atomic E-state index is 13.2. The summed E-state index contributed by atoms with van der Waals surface area (Å²) in [7, 11) is -1.30. The average molecular weight is 414 g/mol. The van der Waals surface area contributed by atoms with E-state index in [4.69, 9.17) is 9.25 Å². The van der Waals surface area contributed by atoms with Crippen molar-refractivity contribution in [2.45, 2.75) is 18.0 Å². The molecule has 0 aliphatic heterocycles. The van der Waals surface area contributed by atoms with Crippen molar-refractivity contribution in [2.24, 2.45) is 0 Å². The van der Waals surface area contributed by atoms with E-state index in [0.29, 0.717) is 12.3 Å². The van der Waals surface area contributed by atoms with E-state index in [1.807, 2.05) is 30.3 Å². The molecule has 1 amide bonds. The number of sulfonamides is 1. The third kappa shape index (κ3) is 4.92. The van der Waals surface area contributed by atoms with Gasteiger partial charge in [0.25, 0.3) is 15.9 Å². The van der Waals surface area contributed by atoms with E-state index >= 15 is 0 Å². The number of hydroxylamine groups is 1. The van der Waals surface area contributed by atoms with Crippen molar-refractivity contribution in [2.75, 3.05) is 14.2 Å². The summed E-state index contributed by atoms with van der Waals surface area (Å²) >= 11 is 0. The summed E-state index contributed by atoms with van der Waals surface area (Å²) in [6, 6.07) is 19.0. The highest BCUT2D eigenvalue weighted by molar-refractivity contribution is 7.89. The monoisotopic (exact) mass is 414 g/mol. The van der Waals surface area contributed by atoms with Crippen LogP contribution in [0.4, 0.5) is 0 Å². The number of amides is 1. The standard InChI is InChI=1S/C21H22N2O5S/c1-22(27-2)29(25,26)20-12-6-10-18(14-20)21(24)23(16-19-11-7-13-28-19)15-17-8-4-3-5-9-17/h3-14H,15-16H2,1-2H3. The summed E-state index contributed by atoms with van der Waals surface area (Å²) in [5.74, 6) is 0.333. The van der Waals surface area contributed by atoms with Gasteiger partial charge in [-0.1, -0.05) is 40.9 Å². The van der Waals surface area contributed by atoms with Crippen molar-refractivity contribution in [3.63, 3.8) is 0 Å². The Balaban J connectivity index is 1.92. The minimum atomic E-state index is -3.86. The van der Waals surface area contributed by atoms with Gasteiger partial charge < -0.3 is 9.32 Å². The highest BCUT2D eigenvalue weighted by atomic mass is 32.2. The molecule has 8 heteroatoms. The van der Waals surface area contributed by atoms with Crippen LogP contribution in [0.15, 0.2) is 82.3 Å². The van der Waals surface area contributed by atoms with Gasteiger partial charge in [0.2, 0.25) is 0 Å². The van der Waals surface area contributed by atoms with Crippen molar-refractivity contribution >= 4 is 15.9 Å². The second-order valence-electron chi connectivity index (χ2n) is 6.35. The fourth-order valence-electron chi connectivity index (χ4n) is 2.81. The fourth-order valence-corrected chi connectivity index (χ4v) is 3.83. The Morgan fingerprint density at radius 2 is 1.76 bits per heavy atom. The van der Waals surface area contributed by atoms with Gasteiger partial charge in [0.15, 0.2) is 0 Å². The summed E-state index contributed by atoms with van der Waals surface area (Å²) in [5, 5.41) is 0. The second kappa shape index (κ2) is 9.04. The van der Waals surface area contributed by atoms with Gasteiger partial charge in [0.1, 0.15) is 5.76 Å². The molecule has 0 saturated heterocycles. The number of furan rings is 1. The van der Waals surface area contributed by atoms with Crippen LogP contribution in [0.25, 0.3) is 0 Å². The Hall–Kier alpha value is -2.94. The van der Waals surface area contributed by atoms with Gasteiger partial charge in [0, 0.05) is 19.2 Å². The molecule has 0 fully saturated rings. The summed E-state index contributed by atoms with van der Waals surface area (Å²) in [4.78, 5) is 19.6. The van der Waals surface area contributed by atoms with Crippen molar-refractivity contribution < 1.29 is 22.5 Å². The first-order valence-electron chi connectivity index (χ1n) is 8.90. The Kier molecular flexibility index (Phi) is 6.48. The molecule has 0 spiro atoms. The van der Waals surface area contributed by atoms with Crippen LogP contribution < -0.4 is 0 Å². The van der Waals surface area contributed by atoms with Gasteiger partial charge in [-0.3, -0.25) is 9.63 Å². The summed E-state index contributed by atoms with van der Waals surface area (Å²) in [6.07, 6.45) is 1.55. The molecule has 0 bridgehead atoms. The van der Waals surface area contributed by atoms with E-state index in [1.165, 1.54) is 32.4 Å². The lowest BCUT2D eigenvalue weighted by Crippen LogP contribution is -2.30. The molecule has 2 aromatic carbocycles. The average Bonchev–Trinajstić information content (AvgIpc) is 3.26. The van der Waals surface area contributed by atoms with Crippen LogP contribution in [0.2, 0.25) is 0 Å². The minimum absolute atomic E-state index is 0.0228. The molecule has 0 unspecified atom stereocenters. The van der Waals surface area contributed by atoms with Gasteiger partial charge in [-0.2, -0.15) is 0 Å². The maximum Gasteiger partial charge on any atom is 0.264 e. The molecule has 7 nitrogen and oxygen atoms in total. The Labute approximate surface area is 170 Å². The molecule has 152 valence electrons. The molecule has 0 N–H and O–H groups in total. The van der Waals surface area contributed by atoms with Gasteiger partial charge >= 0.3 is 0 Å². The first-order chi connectivity index (χ1) is 13.9. The number of carbonyl (C=O) groups is 1. The molecule has 29 heavy (non-hydrogen) atoms. The van der Waals surface area contributed by atoms with Crippen LogP contribution in [0.1, 0.15) is 21.7 Å². The van der Waals surface area contributed by atoms with E-state index in [1.54, 1.807) is 29.4 Å².